The normalized spacial score (nSPS) is 27.5. The van der Waals surface area contributed by atoms with E-state index in [2.05, 4.69) is 0 Å². The number of rotatable bonds is 4. The minimum Gasteiger partial charge on any atom is -0.491 e. The Bertz CT molecular complexity index is 399. The summed E-state index contributed by atoms with van der Waals surface area (Å²) in [4.78, 5) is 0. The fourth-order valence-electron chi connectivity index (χ4n) is 2.86. The number of hydrogen-bond acceptors (Lipinski definition) is 3. The van der Waals surface area contributed by atoms with E-state index in [4.69, 9.17) is 9.47 Å². The van der Waals surface area contributed by atoms with Gasteiger partial charge in [0.05, 0.1) is 12.2 Å². The molecule has 0 saturated heterocycles. The number of methoxy groups -OCH3 is 1. The fraction of sp³-hybridized carbons (Fsp3) is 0.625. The van der Waals surface area contributed by atoms with E-state index >= 15 is 0 Å². The van der Waals surface area contributed by atoms with Gasteiger partial charge in [-0.1, -0.05) is 25.0 Å². The highest BCUT2D eigenvalue weighted by atomic mass is 16.5. The second kappa shape index (κ2) is 5.93. The molecule has 0 aromatic heterocycles. The standard InChI is InChI=1S/C16H24O3/c1-12(2)19-14-9-7-13(8-10-14)16(17)11-5-4-6-15(16)18-3/h7-10,12,15,17H,4-6,11H2,1-3H3. The average Bonchev–Trinajstić information content (AvgIpc) is 2.39. The van der Waals surface area contributed by atoms with E-state index in [0.29, 0.717) is 0 Å². The van der Waals surface area contributed by atoms with Crippen LogP contribution in [0.1, 0.15) is 45.1 Å². The molecule has 1 aliphatic rings. The van der Waals surface area contributed by atoms with E-state index in [1.807, 2.05) is 38.1 Å². The van der Waals surface area contributed by atoms with Gasteiger partial charge in [0.1, 0.15) is 11.4 Å². The Morgan fingerprint density at radius 3 is 2.47 bits per heavy atom. The first-order valence-electron chi connectivity index (χ1n) is 7.08. The van der Waals surface area contributed by atoms with Crippen molar-refractivity contribution in [2.45, 2.75) is 57.3 Å². The molecule has 1 N–H and O–H groups in total. The van der Waals surface area contributed by atoms with Crippen LogP contribution < -0.4 is 4.74 Å². The smallest absolute Gasteiger partial charge is 0.119 e. The van der Waals surface area contributed by atoms with Crippen LogP contribution >= 0.6 is 0 Å². The van der Waals surface area contributed by atoms with Gasteiger partial charge in [0, 0.05) is 7.11 Å². The highest BCUT2D eigenvalue weighted by Gasteiger charge is 2.40. The number of hydrogen-bond donors (Lipinski definition) is 1. The maximum atomic E-state index is 10.9. The van der Waals surface area contributed by atoms with E-state index in [0.717, 1.165) is 37.0 Å². The molecular formula is C16H24O3. The summed E-state index contributed by atoms with van der Waals surface area (Å²) in [7, 11) is 1.68. The van der Waals surface area contributed by atoms with Crippen molar-refractivity contribution in [1.29, 1.82) is 0 Å². The lowest BCUT2D eigenvalue weighted by Gasteiger charge is -2.39. The largest absolute Gasteiger partial charge is 0.491 e. The quantitative estimate of drug-likeness (QED) is 0.907. The Morgan fingerprint density at radius 1 is 1.21 bits per heavy atom. The van der Waals surface area contributed by atoms with Gasteiger partial charge in [-0.15, -0.1) is 0 Å². The topological polar surface area (TPSA) is 38.7 Å². The molecule has 3 nitrogen and oxygen atoms in total. The number of aliphatic hydroxyl groups is 1. The third-order valence-corrected chi connectivity index (χ3v) is 3.82. The second-order valence-corrected chi connectivity index (χ2v) is 5.59. The van der Waals surface area contributed by atoms with Crippen molar-refractivity contribution in [3.63, 3.8) is 0 Å². The molecule has 1 saturated carbocycles. The fourth-order valence-corrected chi connectivity index (χ4v) is 2.86. The Hall–Kier alpha value is -1.06. The number of ether oxygens (including phenoxy) is 2. The van der Waals surface area contributed by atoms with Crippen LogP contribution in [-0.2, 0) is 10.3 Å². The van der Waals surface area contributed by atoms with Crippen molar-refractivity contribution < 1.29 is 14.6 Å². The van der Waals surface area contributed by atoms with Gasteiger partial charge in [0.25, 0.3) is 0 Å². The van der Waals surface area contributed by atoms with Crippen molar-refractivity contribution in [3.8, 4) is 5.75 Å². The van der Waals surface area contributed by atoms with E-state index < -0.39 is 5.60 Å². The lowest BCUT2D eigenvalue weighted by molar-refractivity contribution is -0.122. The van der Waals surface area contributed by atoms with Crippen LogP contribution in [0.5, 0.6) is 5.75 Å². The molecule has 2 rings (SSSR count). The van der Waals surface area contributed by atoms with Crippen LogP contribution in [0.15, 0.2) is 24.3 Å². The summed E-state index contributed by atoms with van der Waals surface area (Å²) < 4.78 is 11.1. The van der Waals surface area contributed by atoms with Gasteiger partial charge in [0.2, 0.25) is 0 Å². The molecule has 0 radical (unpaired) electrons. The molecule has 1 aromatic carbocycles. The maximum Gasteiger partial charge on any atom is 0.119 e. The average molecular weight is 264 g/mol. The molecule has 0 aliphatic heterocycles. The highest BCUT2D eigenvalue weighted by molar-refractivity contribution is 5.32. The molecule has 106 valence electrons. The monoisotopic (exact) mass is 264 g/mol. The molecule has 2 atom stereocenters. The third kappa shape index (κ3) is 3.10. The first kappa shape index (κ1) is 14.4. The molecule has 0 heterocycles. The van der Waals surface area contributed by atoms with Crippen LogP contribution in [0, 0.1) is 0 Å². The SMILES string of the molecule is COC1CCCCC1(O)c1ccc(OC(C)C)cc1. The van der Waals surface area contributed by atoms with Crippen LogP contribution in [0.4, 0.5) is 0 Å². The zero-order chi connectivity index (χ0) is 13.9. The first-order valence-corrected chi connectivity index (χ1v) is 7.08. The van der Waals surface area contributed by atoms with E-state index in [1.54, 1.807) is 7.11 Å². The summed E-state index contributed by atoms with van der Waals surface area (Å²) in [5.41, 5.74) is 0.0683. The Labute approximate surface area is 115 Å². The van der Waals surface area contributed by atoms with Crippen LogP contribution in [0.25, 0.3) is 0 Å². The van der Waals surface area contributed by atoms with Gasteiger partial charge in [-0.2, -0.15) is 0 Å². The Kier molecular flexibility index (Phi) is 4.48. The van der Waals surface area contributed by atoms with Gasteiger partial charge >= 0.3 is 0 Å². The van der Waals surface area contributed by atoms with Crippen LogP contribution in [-0.4, -0.2) is 24.4 Å². The number of benzene rings is 1. The zero-order valence-electron chi connectivity index (χ0n) is 12.1. The predicted octanol–water partition coefficient (Wildman–Crippen LogP) is 3.25. The van der Waals surface area contributed by atoms with Gasteiger partial charge in [0.15, 0.2) is 0 Å². The molecule has 2 unspecified atom stereocenters. The Morgan fingerprint density at radius 2 is 1.89 bits per heavy atom. The van der Waals surface area contributed by atoms with E-state index in [1.165, 1.54) is 0 Å². The Balaban J connectivity index is 2.19. The summed E-state index contributed by atoms with van der Waals surface area (Å²) in [5.74, 6) is 0.840. The second-order valence-electron chi connectivity index (χ2n) is 5.59. The van der Waals surface area contributed by atoms with Crippen LogP contribution in [0.2, 0.25) is 0 Å². The van der Waals surface area contributed by atoms with Crippen molar-refractivity contribution in [2.75, 3.05) is 7.11 Å². The molecule has 0 amide bonds. The lowest BCUT2D eigenvalue weighted by Crippen LogP contribution is -2.43. The van der Waals surface area contributed by atoms with Crippen LogP contribution in [0.3, 0.4) is 0 Å². The zero-order valence-corrected chi connectivity index (χ0v) is 12.1. The molecule has 1 aromatic rings. The molecule has 1 fully saturated rings. The summed E-state index contributed by atoms with van der Waals surface area (Å²) >= 11 is 0. The minimum atomic E-state index is -0.858. The predicted molar refractivity (Wildman–Crippen MR) is 75.4 cm³/mol. The molecule has 0 spiro atoms. The van der Waals surface area contributed by atoms with Crippen molar-refractivity contribution in [3.05, 3.63) is 29.8 Å². The van der Waals surface area contributed by atoms with E-state index in [-0.39, 0.29) is 12.2 Å². The van der Waals surface area contributed by atoms with Gasteiger partial charge in [-0.05, 0) is 44.4 Å². The minimum absolute atomic E-state index is 0.113. The van der Waals surface area contributed by atoms with E-state index in [9.17, 15) is 5.11 Å². The highest BCUT2D eigenvalue weighted by Crippen LogP contribution is 2.39. The third-order valence-electron chi connectivity index (χ3n) is 3.82. The molecule has 19 heavy (non-hydrogen) atoms. The van der Waals surface area contributed by atoms with Crippen molar-refractivity contribution >= 4 is 0 Å². The summed E-state index contributed by atoms with van der Waals surface area (Å²) in [6, 6.07) is 7.76. The molecule has 1 aliphatic carbocycles. The van der Waals surface area contributed by atoms with Gasteiger partial charge < -0.3 is 14.6 Å². The first-order chi connectivity index (χ1) is 9.06. The summed E-state index contributed by atoms with van der Waals surface area (Å²) in [5, 5.41) is 10.9. The summed E-state index contributed by atoms with van der Waals surface area (Å²) in [6.45, 7) is 4.01. The molecule has 0 bridgehead atoms. The molecular weight excluding hydrogens is 240 g/mol. The molecule has 3 heteroatoms. The summed E-state index contributed by atoms with van der Waals surface area (Å²) in [6.07, 6.45) is 3.89. The maximum absolute atomic E-state index is 10.9. The lowest BCUT2D eigenvalue weighted by atomic mass is 9.77. The van der Waals surface area contributed by atoms with Crippen molar-refractivity contribution in [2.24, 2.45) is 0 Å². The van der Waals surface area contributed by atoms with Gasteiger partial charge in [-0.3, -0.25) is 0 Å². The van der Waals surface area contributed by atoms with Crippen molar-refractivity contribution in [1.82, 2.24) is 0 Å². The van der Waals surface area contributed by atoms with Gasteiger partial charge in [-0.25, -0.2) is 0 Å².